The van der Waals surface area contributed by atoms with Crippen LogP contribution in [0, 0.1) is 24.7 Å². The van der Waals surface area contributed by atoms with Gasteiger partial charge in [0.15, 0.2) is 0 Å². The van der Waals surface area contributed by atoms with Gasteiger partial charge in [0.2, 0.25) is 5.91 Å². The summed E-state index contributed by atoms with van der Waals surface area (Å²) in [6, 6.07) is 0. The van der Waals surface area contributed by atoms with Crippen LogP contribution in [-0.4, -0.2) is 45.3 Å². The van der Waals surface area contributed by atoms with Gasteiger partial charge >= 0.3 is 5.97 Å². The molecule has 0 aliphatic heterocycles. The molecule has 3 rings (SSSR count). The molecule has 0 aromatic carbocycles. The lowest BCUT2D eigenvalue weighted by Crippen LogP contribution is -2.24. The molecule has 1 unspecified atom stereocenters. The number of hydrogen-bond acceptors (Lipinski definition) is 5. The largest absolute Gasteiger partial charge is 0.462 e. The number of hydrogen-bond donors (Lipinski definition) is 3. The van der Waals surface area contributed by atoms with Crippen molar-refractivity contribution < 1.29 is 19.4 Å². The van der Waals surface area contributed by atoms with E-state index in [1.807, 2.05) is 0 Å². The molecule has 1 fully saturated rings. The van der Waals surface area contributed by atoms with Crippen molar-refractivity contribution in [2.75, 3.05) is 13.2 Å². The Morgan fingerprint density at radius 1 is 1.43 bits per heavy atom. The normalized spacial score (nSPS) is 15.2. The fourth-order valence-corrected chi connectivity index (χ4v) is 3.41. The fraction of sp³-hybridized carbons (Fsp3) is 0.500. The standard InChI is InChI=1S/C22H27N3O5/c1-13-17(21(28)30-11-5-10-23-14(2)26)18-15(8-9-22(3,29)16-6-7-16)12-25(4)20(27)19(18)24-13/h12,16,24,29H,5-7,10-11H2,1-4H3,(H,23,26). The summed E-state index contributed by atoms with van der Waals surface area (Å²) in [7, 11) is 1.61. The molecule has 8 nitrogen and oxygen atoms in total. The van der Waals surface area contributed by atoms with E-state index in [0.29, 0.717) is 29.6 Å². The first kappa shape index (κ1) is 21.7. The van der Waals surface area contributed by atoms with E-state index in [0.717, 1.165) is 12.8 Å². The van der Waals surface area contributed by atoms with Crippen molar-refractivity contribution in [1.82, 2.24) is 14.9 Å². The van der Waals surface area contributed by atoms with Gasteiger partial charge in [-0.3, -0.25) is 9.59 Å². The number of carbonyl (C=O) groups excluding carboxylic acids is 2. The van der Waals surface area contributed by atoms with Crippen molar-refractivity contribution in [1.29, 1.82) is 0 Å². The van der Waals surface area contributed by atoms with Gasteiger partial charge in [-0.05, 0) is 39.0 Å². The van der Waals surface area contributed by atoms with Crippen LogP contribution in [0.1, 0.15) is 54.7 Å². The van der Waals surface area contributed by atoms with Crippen molar-refractivity contribution in [2.24, 2.45) is 13.0 Å². The van der Waals surface area contributed by atoms with Gasteiger partial charge in [0, 0.05) is 37.8 Å². The highest BCUT2D eigenvalue weighted by molar-refractivity contribution is 6.07. The number of ether oxygens (including phenoxy) is 1. The molecule has 2 aromatic rings. The molecular weight excluding hydrogens is 386 g/mol. The van der Waals surface area contributed by atoms with Gasteiger partial charge in [-0.25, -0.2) is 4.79 Å². The summed E-state index contributed by atoms with van der Waals surface area (Å²) in [6.07, 6.45) is 3.92. The van der Waals surface area contributed by atoms with E-state index in [2.05, 4.69) is 22.1 Å². The average molecular weight is 413 g/mol. The van der Waals surface area contributed by atoms with Crippen molar-refractivity contribution in [3.8, 4) is 11.8 Å². The number of aryl methyl sites for hydroxylation is 2. The predicted molar refractivity (Wildman–Crippen MR) is 112 cm³/mol. The summed E-state index contributed by atoms with van der Waals surface area (Å²) >= 11 is 0. The predicted octanol–water partition coefficient (Wildman–Crippen LogP) is 1.37. The van der Waals surface area contributed by atoms with Gasteiger partial charge in [-0.15, -0.1) is 0 Å². The summed E-state index contributed by atoms with van der Waals surface area (Å²) in [4.78, 5) is 39.3. The Bertz CT molecular complexity index is 1110. The van der Waals surface area contributed by atoms with Crippen molar-refractivity contribution in [2.45, 2.75) is 45.6 Å². The number of nitrogens with one attached hydrogen (secondary N) is 2. The van der Waals surface area contributed by atoms with Crippen molar-refractivity contribution in [3.05, 3.63) is 33.4 Å². The monoisotopic (exact) mass is 413 g/mol. The Hall–Kier alpha value is -3.05. The van der Waals surface area contributed by atoms with E-state index in [9.17, 15) is 19.5 Å². The van der Waals surface area contributed by atoms with Crippen LogP contribution in [0.3, 0.4) is 0 Å². The minimum atomic E-state index is -1.11. The van der Waals surface area contributed by atoms with Crippen LogP contribution >= 0.6 is 0 Å². The number of pyridine rings is 1. The molecule has 2 heterocycles. The van der Waals surface area contributed by atoms with E-state index in [-0.39, 0.29) is 35.1 Å². The summed E-state index contributed by atoms with van der Waals surface area (Å²) in [5.74, 6) is 5.33. The second-order valence-electron chi connectivity index (χ2n) is 7.98. The molecule has 2 aromatic heterocycles. The number of esters is 1. The Morgan fingerprint density at radius 3 is 2.77 bits per heavy atom. The van der Waals surface area contributed by atoms with Crippen LogP contribution in [-0.2, 0) is 16.6 Å². The smallest absolute Gasteiger partial charge is 0.340 e. The first-order chi connectivity index (χ1) is 14.1. The molecule has 0 bridgehead atoms. The van der Waals surface area contributed by atoms with E-state index >= 15 is 0 Å². The number of aliphatic hydroxyl groups is 1. The Balaban J connectivity index is 1.95. The van der Waals surface area contributed by atoms with Gasteiger partial charge in [-0.1, -0.05) is 11.8 Å². The minimum Gasteiger partial charge on any atom is -0.462 e. The van der Waals surface area contributed by atoms with E-state index in [1.165, 1.54) is 11.5 Å². The van der Waals surface area contributed by atoms with Crippen LogP contribution in [0.4, 0.5) is 0 Å². The molecular formula is C22H27N3O5. The van der Waals surface area contributed by atoms with Crippen molar-refractivity contribution in [3.63, 3.8) is 0 Å². The van der Waals surface area contributed by atoms with E-state index < -0.39 is 11.6 Å². The molecule has 0 radical (unpaired) electrons. The molecule has 1 aliphatic rings. The maximum absolute atomic E-state index is 12.8. The number of rotatable bonds is 6. The van der Waals surface area contributed by atoms with E-state index in [1.54, 1.807) is 27.1 Å². The summed E-state index contributed by atoms with van der Waals surface area (Å²) in [6.45, 7) is 5.34. The second kappa shape index (κ2) is 8.36. The number of nitrogens with zero attached hydrogens (tertiary/aromatic N) is 1. The van der Waals surface area contributed by atoms with Gasteiger partial charge in [0.05, 0.1) is 17.7 Å². The molecule has 8 heteroatoms. The van der Waals surface area contributed by atoms with Crippen molar-refractivity contribution >= 4 is 22.8 Å². The highest BCUT2D eigenvalue weighted by atomic mass is 16.5. The third-order valence-electron chi connectivity index (χ3n) is 5.27. The lowest BCUT2D eigenvalue weighted by molar-refractivity contribution is -0.118. The first-order valence-electron chi connectivity index (χ1n) is 10.0. The number of H-pyrrole nitrogens is 1. The molecule has 0 spiro atoms. The first-order valence-corrected chi connectivity index (χ1v) is 10.0. The molecule has 3 N–H and O–H groups in total. The lowest BCUT2D eigenvalue weighted by atomic mass is 10.00. The van der Waals surface area contributed by atoms with E-state index in [4.69, 9.17) is 4.74 Å². The molecule has 1 atom stereocenters. The summed E-state index contributed by atoms with van der Waals surface area (Å²) < 4.78 is 6.76. The van der Waals surface area contributed by atoms with Crippen LogP contribution < -0.4 is 10.9 Å². The maximum atomic E-state index is 12.8. The Kier molecular flexibility index (Phi) is 6.04. The van der Waals surface area contributed by atoms with Crippen LogP contribution in [0.2, 0.25) is 0 Å². The SMILES string of the molecule is CC(=O)NCCCOC(=O)c1c(C)[nH]c2c(=O)n(C)cc(C#CC(C)(O)C3CC3)c12. The lowest BCUT2D eigenvalue weighted by Gasteiger charge is -2.14. The highest BCUT2D eigenvalue weighted by Crippen LogP contribution is 2.39. The summed E-state index contributed by atoms with van der Waals surface area (Å²) in [5.41, 5.74) is 0.129. The minimum absolute atomic E-state index is 0.132. The number of carbonyl (C=O) groups is 2. The maximum Gasteiger partial charge on any atom is 0.340 e. The highest BCUT2D eigenvalue weighted by Gasteiger charge is 2.38. The topological polar surface area (TPSA) is 113 Å². The third kappa shape index (κ3) is 4.57. The Labute approximate surface area is 174 Å². The Morgan fingerprint density at radius 2 is 2.13 bits per heavy atom. The van der Waals surface area contributed by atoms with Crippen LogP contribution in [0.5, 0.6) is 0 Å². The zero-order valence-electron chi connectivity index (χ0n) is 17.7. The number of fused-ring (bicyclic) bond motifs is 1. The molecule has 1 amide bonds. The molecule has 160 valence electrons. The third-order valence-corrected chi connectivity index (χ3v) is 5.27. The average Bonchev–Trinajstić information content (AvgIpc) is 3.46. The fourth-order valence-electron chi connectivity index (χ4n) is 3.41. The molecule has 1 aliphatic carbocycles. The van der Waals surface area contributed by atoms with Crippen LogP contribution in [0.15, 0.2) is 11.0 Å². The zero-order valence-corrected chi connectivity index (χ0v) is 17.7. The zero-order chi connectivity index (χ0) is 22.1. The second-order valence-corrected chi connectivity index (χ2v) is 7.98. The quantitative estimate of drug-likeness (QED) is 0.376. The van der Waals surface area contributed by atoms with Gasteiger partial charge < -0.3 is 24.7 Å². The number of aromatic nitrogens is 2. The molecule has 30 heavy (non-hydrogen) atoms. The molecule has 1 saturated carbocycles. The number of aromatic amines is 1. The summed E-state index contributed by atoms with van der Waals surface area (Å²) in [5, 5.41) is 13.6. The van der Waals surface area contributed by atoms with Crippen LogP contribution in [0.25, 0.3) is 10.9 Å². The molecule has 0 saturated heterocycles. The van der Waals surface area contributed by atoms with Gasteiger partial charge in [0.1, 0.15) is 11.1 Å². The van der Waals surface area contributed by atoms with Gasteiger partial charge in [0.25, 0.3) is 5.56 Å². The van der Waals surface area contributed by atoms with Gasteiger partial charge in [-0.2, -0.15) is 0 Å². The number of amides is 1.